The zero-order valence-corrected chi connectivity index (χ0v) is 16.6. The molecule has 0 amide bonds. The van der Waals surface area contributed by atoms with Crippen molar-refractivity contribution in [3.05, 3.63) is 77.4 Å². The second-order valence-corrected chi connectivity index (χ2v) is 7.71. The van der Waals surface area contributed by atoms with Gasteiger partial charge in [-0.3, -0.25) is 10.2 Å². The van der Waals surface area contributed by atoms with Crippen LogP contribution in [-0.4, -0.2) is 36.1 Å². The standard InChI is InChI=1S/C24H25N3O3/c25-23(26)18-4-3-16-2-1-15(11-19(16)13-18)12-22(24(28)29)17-5-7-20(8-6-17)30-21-9-10-27-14-21/h1-8,11,13,21-22,27H,9-10,12,14H2,(H3,25,26)(H,28,29)/t21-,22?/m1/s1. The molecule has 6 heteroatoms. The molecule has 1 aliphatic heterocycles. The molecule has 0 radical (unpaired) electrons. The fraction of sp³-hybridized carbons (Fsp3) is 0.250. The van der Waals surface area contributed by atoms with Gasteiger partial charge in [-0.05, 0) is 59.5 Å². The fourth-order valence-corrected chi connectivity index (χ4v) is 3.87. The van der Waals surface area contributed by atoms with E-state index in [1.54, 1.807) is 0 Å². The Kier molecular flexibility index (Phi) is 5.68. The number of amidine groups is 1. The second-order valence-electron chi connectivity index (χ2n) is 7.71. The number of aliphatic carboxylic acids is 1. The van der Waals surface area contributed by atoms with Gasteiger partial charge < -0.3 is 20.9 Å². The van der Waals surface area contributed by atoms with Gasteiger partial charge in [0.15, 0.2) is 0 Å². The van der Waals surface area contributed by atoms with Gasteiger partial charge in [-0.2, -0.15) is 0 Å². The summed E-state index contributed by atoms with van der Waals surface area (Å²) in [5.41, 5.74) is 7.92. The fourth-order valence-electron chi connectivity index (χ4n) is 3.87. The molecule has 1 saturated heterocycles. The van der Waals surface area contributed by atoms with E-state index in [9.17, 15) is 9.90 Å². The number of carboxylic acids is 1. The largest absolute Gasteiger partial charge is 0.489 e. The van der Waals surface area contributed by atoms with Crippen LogP contribution in [0.15, 0.2) is 60.7 Å². The first-order chi connectivity index (χ1) is 14.5. The smallest absolute Gasteiger partial charge is 0.311 e. The Morgan fingerprint density at radius 3 is 2.57 bits per heavy atom. The molecule has 3 aromatic carbocycles. The van der Waals surface area contributed by atoms with Crippen molar-refractivity contribution in [1.29, 1.82) is 5.41 Å². The average Bonchev–Trinajstić information content (AvgIpc) is 3.25. The van der Waals surface area contributed by atoms with Crippen LogP contribution in [0.5, 0.6) is 5.75 Å². The molecule has 0 aliphatic carbocycles. The topological polar surface area (TPSA) is 108 Å². The molecule has 1 aliphatic rings. The Morgan fingerprint density at radius 1 is 1.13 bits per heavy atom. The van der Waals surface area contributed by atoms with E-state index in [1.807, 2.05) is 60.7 Å². The van der Waals surface area contributed by atoms with Gasteiger partial charge in [-0.1, -0.05) is 42.5 Å². The molecule has 1 unspecified atom stereocenters. The van der Waals surface area contributed by atoms with Gasteiger partial charge in [0.25, 0.3) is 0 Å². The summed E-state index contributed by atoms with van der Waals surface area (Å²) in [6.45, 7) is 1.80. The van der Waals surface area contributed by atoms with Crippen LogP contribution >= 0.6 is 0 Å². The molecule has 0 aromatic heterocycles. The number of fused-ring (bicyclic) bond motifs is 1. The summed E-state index contributed by atoms with van der Waals surface area (Å²) >= 11 is 0. The van der Waals surface area contributed by atoms with E-state index in [2.05, 4.69) is 5.32 Å². The normalized spacial score (nSPS) is 17.0. The maximum atomic E-state index is 12.0. The number of ether oxygens (including phenoxy) is 1. The number of hydrogen-bond acceptors (Lipinski definition) is 4. The molecule has 2 atom stereocenters. The molecular weight excluding hydrogens is 378 g/mol. The highest BCUT2D eigenvalue weighted by atomic mass is 16.5. The Balaban J connectivity index is 1.54. The third-order valence-corrected chi connectivity index (χ3v) is 5.55. The van der Waals surface area contributed by atoms with Crippen molar-refractivity contribution in [1.82, 2.24) is 5.32 Å². The first kappa shape index (κ1) is 19.9. The van der Waals surface area contributed by atoms with E-state index in [0.29, 0.717) is 12.0 Å². The second kappa shape index (κ2) is 8.55. The highest BCUT2D eigenvalue weighted by Gasteiger charge is 2.21. The molecule has 1 heterocycles. The predicted molar refractivity (Wildman–Crippen MR) is 117 cm³/mol. The molecule has 5 N–H and O–H groups in total. The summed E-state index contributed by atoms with van der Waals surface area (Å²) in [4.78, 5) is 12.0. The number of nitrogen functional groups attached to an aromatic ring is 1. The van der Waals surface area contributed by atoms with Crippen molar-refractivity contribution in [3.63, 3.8) is 0 Å². The number of benzene rings is 3. The molecule has 6 nitrogen and oxygen atoms in total. The van der Waals surface area contributed by atoms with Crippen molar-refractivity contribution in [2.75, 3.05) is 13.1 Å². The summed E-state index contributed by atoms with van der Waals surface area (Å²) in [6, 6.07) is 18.9. The van der Waals surface area contributed by atoms with Crippen LogP contribution in [0.2, 0.25) is 0 Å². The maximum Gasteiger partial charge on any atom is 0.311 e. The van der Waals surface area contributed by atoms with E-state index in [4.69, 9.17) is 15.9 Å². The number of hydrogen-bond donors (Lipinski definition) is 4. The minimum Gasteiger partial charge on any atom is -0.489 e. The lowest BCUT2D eigenvalue weighted by atomic mass is 9.91. The van der Waals surface area contributed by atoms with Crippen LogP contribution in [-0.2, 0) is 11.2 Å². The van der Waals surface area contributed by atoms with Gasteiger partial charge in [0.1, 0.15) is 17.7 Å². The zero-order chi connectivity index (χ0) is 21.1. The third kappa shape index (κ3) is 4.44. The molecule has 3 aromatic rings. The van der Waals surface area contributed by atoms with E-state index < -0.39 is 11.9 Å². The van der Waals surface area contributed by atoms with Crippen molar-refractivity contribution < 1.29 is 14.6 Å². The molecule has 0 saturated carbocycles. The number of carbonyl (C=O) groups is 1. The predicted octanol–water partition coefficient (Wildman–Crippen LogP) is 3.28. The van der Waals surface area contributed by atoms with Gasteiger partial charge in [-0.25, -0.2) is 0 Å². The van der Waals surface area contributed by atoms with Crippen molar-refractivity contribution in [3.8, 4) is 5.75 Å². The van der Waals surface area contributed by atoms with Gasteiger partial charge in [0, 0.05) is 12.1 Å². The Labute approximate surface area is 175 Å². The quantitative estimate of drug-likeness (QED) is 0.358. The van der Waals surface area contributed by atoms with E-state index in [0.717, 1.165) is 47.2 Å². The first-order valence-corrected chi connectivity index (χ1v) is 10.1. The van der Waals surface area contributed by atoms with Crippen LogP contribution < -0.4 is 15.8 Å². The molecule has 0 spiro atoms. The molecular formula is C24H25N3O3. The minimum absolute atomic E-state index is 0.0152. The van der Waals surface area contributed by atoms with Crippen LogP contribution in [0, 0.1) is 5.41 Å². The number of carboxylic acid groups (broad SMARTS) is 1. The summed E-state index contributed by atoms with van der Waals surface area (Å²) in [5.74, 6) is -0.734. The number of rotatable bonds is 7. The molecule has 4 rings (SSSR count). The van der Waals surface area contributed by atoms with Crippen molar-refractivity contribution in [2.45, 2.75) is 24.9 Å². The van der Waals surface area contributed by atoms with Crippen LogP contribution in [0.1, 0.15) is 29.0 Å². The molecule has 0 bridgehead atoms. The first-order valence-electron chi connectivity index (χ1n) is 10.1. The summed E-state index contributed by atoms with van der Waals surface area (Å²) in [7, 11) is 0. The van der Waals surface area contributed by atoms with Crippen LogP contribution in [0.4, 0.5) is 0 Å². The summed E-state index contributed by atoms with van der Waals surface area (Å²) in [6.07, 6.45) is 1.53. The minimum atomic E-state index is -0.860. The van der Waals surface area contributed by atoms with Gasteiger partial charge >= 0.3 is 5.97 Å². The zero-order valence-electron chi connectivity index (χ0n) is 16.6. The van der Waals surface area contributed by atoms with Gasteiger partial charge in [0.2, 0.25) is 0 Å². The molecule has 1 fully saturated rings. The lowest BCUT2D eigenvalue weighted by Gasteiger charge is -2.16. The van der Waals surface area contributed by atoms with E-state index >= 15 is 0 Å². The highest BCUT2D eigenvalue weighted by molar-refractivity contribution is 5.99. The van der Waals surface area contributed by atoms with Crippen LogP contribution in [0.25, 0.3) is 10.8 Å². The van der Waals surface area contributed by atoms with Gasteiger partial charge in [0.05, 0.1) is 5.92 Å². The van der Waals surface area contributed by atoms with E-state index in [-0.39, 0.29) is 11.9 Å². The van der Waals surface area contributed by atoms with Gasteiger partial charge in [-0.15, -0.1) is 0 Å². The lowest BCUT2D eigenvalue weighted by Crippen LogP contribution is -2.19. The van der Waals surface area contributed by atoms with Crippen LogP contribution in [0.3, 0.4) is 0 Å². The summed E-state index contributed by atoms with van der Waals surface area (Å²) < 4.78 is 5.93. The number of nitrogens with one attached hydrogen (secondary N) is 2. The number of nitrogens with two attached hydrogens (primary N) is 1. The molecule has 154 valence electrons. The SMILES string of the molecule is N=C(N)c1ccc2ccc(CC(C(=O)O)c3ccc(O[C@@H]4CCNC4)cc3)cc2c1. The van der Waals surface area contributed by atoms with Crippen molar-refractivity contribution >= 4 is 22.6 Å². The highest BCUT2D eigenvalue weighted by Crippen LogP contribution is 2.26. The van der Waals surface area contributed by atoms with E-state index in [1.165, 1.54) is 0 Å². The third-order valence-electron chi connectivity index (χ3n) is 5.55. The lowest BCUT2D eigenvalue weighted by molar-refractivity contribution is -0.138. The summed E-state index contributed by atoms with van der Waals surface area (Å²) in [5, 5.41) is 22.7. The maximum absolute atomic E-state index is 12.0. The Hall–Kier alpha value is -3.38. The monoisotopic (exact) mass is 403 g/mol. The molecule has 30 heavy (non-hydrogen) atoms. The van der Waals surface area contributed by atoms with Crippen molar-refractivity contribution in [2.24, 2.45) is 5.73 Å². The Morgan fingerprint density at radius 2 is 1.90 bits per heavy atom. The average molecular weight is 403 g/mol. The Bertz CT molecular complexity index is 1070.